The lowest BCUT2D eigenvalue weighted by Crippen LogP contribution is -2.15. The molecule has 0 saturated heterocycles. The van der Waals surface area contributed by atoms with Gasteiger partial charge < -0.3 is 9.30 Å². The fourth-order valence-electron chi connectivity index (χ4n) is 3.69. The van der Waals surface area contributed by atoms with Crippen molar-refractivity contribution in [2.24, 2.45) is 0 Å². The number of hydrogen-bond acceptors (Lipinski definition) is 5. The summed E-state index contributed by atoms with van der Waals surface area (Å²) in [4.78, 5) is 30.2. The van der Waals surface area contributed by atoms with Crippen molar-refractivity contribution in [1.29, 1.82) is 0 Å². The van der Waals surface area contributed by atoms with E-state index in [4.69, 9.17) is 4.74 Å². The molecule has 0 unspecified atom stereocenters. The first-order chi connectivity index (χ1) is 13.4. The van der Waals surface area contributed by atoms with Gasteiger partial charge in [0.05, 0.1) is 21.5 Å². The number of para-hydroxylation sites is 1. The summed E-state index contributed by atoms with van der Waals surface area (Å²) in [5, 5.41) is 0. The fourth-order valence-corrected chi connectivity index (χ4v) is 4.74. The van der Waals surface area contributed by atoms with Crippen molar-refractivity contribution >= 4 is 32.5 Å². The molecule has 1 aromatic carbocycles. The van der Waals surface area contributed by atoms with E-state index in [0.717, 1.165) is 21.6 Å². The van der Waals surface area contributed by atoms with E-state index in [-0.39, 0.29) is 18.2 Å². The highest BCUT2D eigenvalue weighted by molar-refractivity contribution is 7.23. The molecule has 0 bridgehead atoms. The fraction of sp³-hybridized carbons (Fsp3) is 0.286. The Balaban J connectivity index is 1.61. The van der Waals surface area contributed by atoms with Crippen LogP contribution in [0.15, 0.2) is 41.2 Å². The van der Waals surface area contributed by atoms with Crippen LogP contribution < -0.4 is 5.56 Å². The third kappa shape index (κ3) is 3.01. The van der Waals surface area contributed by atoms with Crippen molar-refractivity contribution in [3.8, 4) is 0 Å². The minimum Gasteiger partial charge on any atom is -0.456 e. The maximum atomic E-state index is 12.6. The number of carbonyl (C=O) groups excluding carboxylic acids is 1. The third-order valence-electron chi connectivity index (χ3n) is 4.82. The minimum absolute atomic E-state index is 0.0375. The molecule has 0 radical (unpaired) electrons. The SMILES string of the molecule is Cc1cc(C(=O)OCc2cc(=O)n3c(n2)sc2ccccc23)c(C)n1C(C)C. The first kappa shape index (κ1) is 18.4. The highest BCUT2D eigenvalue weighted by Gasteiger charge is 2.19. The molecule has 0 atom stereocenters. The largest absolute Gasteiger partial charge is 0.456 e. The number of aryl methyl sites for hydroxylation is 1. The van der Waals surface area contributed by atoms with E-state index in [2.05, 4.69) is 23.4 Å². The van der Waals surface area contributed by atoms with Crippen molar-refractivity contribution in [2.45, 2.75) is 40.3 Å². The van der Waals surface area contributed by atoms with Crippen LogP contribution in [0, 0.1) is 13.8 Å². The molecule has 6 nitrogen and oxygen atoms in total. The molecule has 4 rings (SSSR count). The normalized spacial score (nSPS) is 11.6. The molecule has 0 aliphatic heterocycles. The van der Waals surface area contributed by atoms with Crippen LogP contribution >= 0.6 is 11.3 Å². The van der Waals surface area contributed by atoms with Crippen LogP contribution in [0.25, 0.3) is 15.2 Å². The molecule has 0 saturated carbocycles. The zero-order chi connectivity index (χ0) is 20.0. The summed E-state index contributed by atoms with van der Waals surface area (Å²) in [7, 11) is 0. The highest BCUT2D eigenvalue weighted by Crippen LogP contribution is 2.24. The molecule has 0 aliphatic carbocycles. The Morgan fingerprint density at radius 2 is 1.96 bits per heavy atom. The Morgan fingerprint density at radius 1 is 1.21 bits per heavy atom. The van der Waals surface area contributed by atoms with Crippen molar-refractivity contribution in [3.63, 3.8) is 0 Å². The van der Waals surface area contributed by atoms with Gasteiger partial charge in [0.25, 0.3) is 5.56 Å². The number of nitrogens with zero attached hydrogens (tertiary/aromatic N) is 3. The van der Waals surface area contributed by atoms with Gasteiger partial charge in [-0.05, 0) is 45.9 Å². The maximum absolute atomic E-state index is 12.6. The van der Waals surface area contributed by atoms with Gasteiger partial charge in [-0.25, -0.2) is 9.78 Å². The Hall–Kier alpha value is -2.93. The number of fused-ring (bicyclic) bond motifs is 3. The molecule has 3 aromatic heterocycles. The Labute approximate surface area is 166 Å². The molecule has 144 valence electrons. The Kier molecular flexibility index (Phi) is 4.55. The van der Waals surface area contributed by atoms with Crippen molar-refractivity contribution in [1.82, 2.24) is 14.0 Å². The predicted octanol–water partition coefficient (Wildman–Crippen LogP) is 4.27. The summed E-state index contributed by atoms with van der Waals surface area (Å²) >= 11 is 1.44. The molecule has 4 aromatic rings. The summed E-state index contributed by atoms with van der Waals surface area (Å²) in [5.74, 6) is -0.404. The van der Waals surface area contributed by atoms with E-state index in [0.29, 0.717) is 16.2 Å². The van der Waals surface area contributed by atoms with E-state index in [9.17, 15) is 9.59 Å². The molecule has 0 fully saturated rings. The molecular formula is C21H21N3O3S. The van der Waals surface area contributed by atoms with Crippen LogP contribution in [0.4, 0.5) is 0 Å². The number of thiazole rings is 1. The molecule has 0 aliphatic rings. The summed E-state index contributed by atoms with van der Waals surface area (Å²) in [6.07, 6.45) is 0. The van der Waals surface area contributed by atoms with Gasteiger partial charge in [0.2, 0.25) is 0 Å². The number of hydrogen-bond donors (Lipinski definition) is 0. The highest BCUT2D eigenvalue weighted by atomic mass is 32.1. The molecule has 0 N–H and O–H groups in total. The Morgan fingerprint density at radius 3 is 2.68 bits per heavy atom. The van der Waals surface area contributed by atoms with E-state index >= 15 is 0 Å². The Bertz CT molecular complexity index is 1260. The van der Waals surface area contributed by atoms with Crippen LogP contribution in [-0.2, 0) is 11.3 Å². The van der Waals surface area contributed by atoms with Gasteiger partial charge in [-0.1, -0.05) is 23.5 Å². The minimum atomic E-state index is -0.404. The van der Waals surface area contributed by atoms with Crippen LogP contribution in [0.1, 0.15) is 47.3 Å². The number of carbonyl (C=O) groups is 1. The lowest BCUT2D eigenvalue weighted by atomic mass is 10.2. The smallest absolute Gasteiger partial charge is 0.340 e. The second-order valence-corrected chi connectivity index (χ2v) is 8.11. The number of aromatic nitrogens is 3. The van der Waals surface area contributed by atoms with Crippen molar-refractivity contribution in [2.75, 3.05) is 0 Å². The molecule has 28 heavy (non-hydrogen) atoms. The van der Waals surface area contributed by atoms with Gasteiger partial charge in [-0.3, -0.25) is 9.20 Å². The summed E-state index contributed by atoms with van der Waals surface area (Å²) in [5.41, 5.74) is 3.55. The van der Waals surface area contributed by atoms with Crippen LogP contribution in [0.5, 0.6) is 0 Å². The lowest BCUT2D eigenvalue weighted by molar-refractivity contribution is 0.0466. The number of esters is 1. The van der Waals surface area contributed by atoms with Gasteiger partial charge in [-0.2, -0.15) is 0 Å². The topological polar surface area (TPSA) is 65.6 Å². The van der Waals surface area contributed by atoms with Gasteiger partial charge in [-0.15, -0.1) is 0 Å². The quantitative estimate of drug-likeness (QED) is 0.484. The molecule has 3 heterocycles. The summed E-state index contributed by atoms with van der Waals surface area (Å²) in [6.45, 7) is 8.00. The molecule has 7 heteroatoms. The van der Waals surface area contributed by atoms with Gasteiger partial charge in [0.15, 0.2) is 4.96 Å². The first-order valence-electron chi connectivity index (χ1n) is 9.12. The van der Waals surface area contributed by atoms with E-state index in [1.165, 1.54) is 17.4 Å². The summed E-state index contributed by atoms with van der Waals surface area (Å²) in [6, 6.07) is 11.2. The standard InChI is InChI=1S/C21H21N3O3S/c1-12(2)23-13(3)9-16(14(23)4)20(26)27-11-15-10-19(25)24-17-7-5-6-8-18(17)28-21(24)22-15/h5-10,12H,11H2,1-4H3. The average molecular weight is 395 g/mol. The lowest BCUT2D eigenvalue weighted by Gasteiger charge is -2.13. The predicted molar refractivity (Wildman–Crippen MR) is 110 cm³/mol. The monoisotopic (exact) mass is 395 g/mol. The summed E-state index contributed by atoms with van der Waals surface area (Å²) < 4.78 is 10.1. The van der Waals surface area contributed by atoms with E-state index < -0.39 is 5.97 Å². The molecule has 0 spiro atoms. The van der Waals surface area contributed by atoms with E-state index in [1.54, 1.807) is 4.40 Å². The molecule has 0 amide bonds. The van der Waals surface area contributed by atoms with Crippen molar-refractivity contribution in [3.05, 3.63) is 69.4 Å². The third-order valence-corrected chi connectivity index (χ3v) is 5.84. The van der Waals surface area contributed by atoms with Gasteiger partial charge in [0, 0.05) is 23.5 Å². The van der Waals surface area contributed by atoms with Crippen LogP contribution in [0.2, 0.25) is 0 Å². The average Bonchev–Trinajstić information content (AvgIpc) is 3.16. The zero-order valence-electron chi connectivity index (χ0n) is 16.2. The van der Waals surface area contributed by atoms with Crippen molar-refractivity contribution < 1.29 is 9.53 Å². The maximum Gasteiger partial charge on any atom is 0.340 e. The van der Waals surface area contributed by atoms with Crippen LogP contribution in [-0.4, -0.2) is 19.9 Å². The second kappa shape index (κ2) is 6.91. The number of ether oxygens (including phenoxy) is 1. The van der Waals surface area contributed by atoms with Crippen LogP contribution in [0.3, 0.4) is 0 Å². The number of rotatable bonds is 4. The zero-order valence-corrected chi connectivity index (χ0v) is 17.0. The number of benzene rings is 1. The van der Waals surface area contributed by atoms with E-state index in [1.807, 2.05) is 44.2 Å². The second-order valence-electron chi connectivity index (χ2n) is 7.10. The first-order valence-corrected chi connectivity index (χ1v) is 9.94. The van der Waals surface area contributed by atoms with Gasteiger partial charge in [0.1, 0.15) is 6.61 Å². The van der Waals surface area contributed by atoms with Gasteiger partial charge >= 0.3 is 5.97 Å². The molecular weight excluding hydrogens is 374 g/mol.